The van der Waals surface area contributed by atoms with Gasteiger partial charge in [-0.2, -0.15) is 9.61 Å². The molecule has 0 radical (unpaired) electrons. The summed E-state index contributed by atoms with van der Waals surface area (Å²) < 4.78 is 6.93. The Kier molecular flexibility index (Phi) is 5.07. The van der Waals surface area contributed by atoms with Gasteiger partial charge in [0.05, 0.1) is 5.02 Å². The molecule has 2 aromatic heterocycles. The van der Waals surface area contributed by atoms with Crippen LogP contribution < -0.4 is 10.3 Å². The van der Waals surface area contributed by atoms with E-state index in [2.05, 4.69) is 15.3 Å². The molecule has 0 bridgehead atoms. The normalized spacial score (nSPS) is 11.0. The lowest BCUT2D eigenvalue weighted by Gasteiger charge is -2.06. The standard InChI is InChI=1S/C18H12Cl2N4O2S/c19-12-7-4-8-14(16(12)20)26-10-15-23-24-17(25)13(21-22-18(24)27-15)9-11-5-2-1-3-6-11/h1-8H,9-10H2. The Balaban J connectivity index is 1.58. The molecule has 0 saturated heterocycles. The summed E-state index contributed by atoms with van der Waals surface area (Å²) in [4.78, 5) is 13.1. The van der Waals surface area contributed by atoms with Gasteiger partial charge in [0.25, 0.3) is 5.56 Å². The minimum atomic E-state index is -0.285. The summed E-state index contributed by atoms with van der Waals surface area (Å²) in [6.45, 7) is 0.140. The number of hydrogen-bond donors (Lipinski definition) is 0. The molecular formula is C18H12Cl2N4O2S. The smallest absolute Gasteiger partial charge is 0.297 e. The molecule has 6 nitrogen and oxygen atoms in total. The highest BCUT2D eigenvalue weighted by molar-refractivity contribution is 7.16. The zero-order chi connectivity index (χ0) is 18.8. The van der Waals surface area contributed by atoms with Crippen LogP contribution in [0.3, 0.4) is 0 Å². The lowest BCUT2D eigenvalue weighted by Crippen LogP contribution is -2.22. The van der Waals surface area contributed by atoms with Gasteiger partial charge in [-0.25, -0.2) is 0 Å². The van der Waals surface area contributed by atoms with Gasteiger partial charge in [0.15, 0.2) is 5.01 Å². The van der Waals surface area contributed by atoms with E-state index >= 15 is 0 Å². The van der Waals surface area contributed by atoms with E-state index in [1.54, 1.807) is 18.2 Å². The van der Waals surface area contributed by atoms with Gasteiger partial charge in [-0.05, 0) is 17.7 Å². The van der Waals surface area contributed by atoms with Crippen LogP contribution in [0.25, 0.3) is 4.96 Å². The van der Waals surface area contributed by atoms with Gasteiger partial charge in [-0.15, -0.1) is 10.2 Å². The van der Waals surface area contributed by atoms with Crippen LogP contribution in [0.4, 0.5) is 0 Å². The van der Waals surface area contributed by atoms with Crippen LogP contribution in [0.2, 0.25) is 10.0 Å². The SMILES string of the molecule is O=c1c(Cc2ccccc2)nnc2sc(COc3cccc(Cl)c3Cl)nn12. The number of ether oxygens (including phenoxy) is 1. The Morgan fingerprint density at radius 3 is 2.67 bits per heavy atom. The Labute approximate surface area is 168 Å². The maximum absolute atomic E-state index is 12.6. The first-order chi connectivity index (χ1) is 13.1. The van der Waals surface area contributed by atoms with Gasteiger partial charge in [0.2, 0.25) is 4.96 Å². The number of benzene rings is 2. The molecule has 0 aliphatic carbocycles. The van der Waals surface area contributed by atoms with Crippen molar-refractivity contribution < 1.29 is 4.74 Å². The number of aromatic nitrogens is 4. The Morgan fingerprint density at radius 1 is 1.04 bits per heavy atom. The zero-order valence-electron chi connectivity index (χ0n) is 13.8. The number of hydrogen-bond acceptors (Lipinski definition) is 6. The molecule has 4 aromatic rings. The van der Waals surface area contributed by atoms with E-state index in [4.69, 9.17) is 27.9 Å². The molecule has 0 amide bonds. The van der Waals surface area contributed by atoms with Crippen LogP contribution in [0.1, 0.15) is 16.3 Å². The molecule has 0 unspecified atom stereocenters. The first-order valence-electron chi connectivity index (χ1n) is 7.97. The largest absolute Gasteiger partial charge is 0.485 e. The number of halogens is 2. The second-order valence-electron chi connectivity index (χ2n) is 5.65. The molecule has 4 rings (SSSR count). The van der Waals surface area contributed by atoms with Gasteiger partial charge in [0, 0.05) is 6.42 Å². The maximum atomic E-state index is 12.6. The van der Waals surface area contributed by atoms with Crippen molar-refractivity contribution in [1.82, 2.24) is 19.8 Å². The zero-order valence-corrected chi connectivity index (χ0v) is 16.1. The third-order valence-corrected chi connectivity index (χ3v) is 5.45. The molecule has 2 aromatic carbocycles. The van der Waals surface area contributed by atoms with Crippen LogP contribution >= 0.6 is 34.5 Å². The van der Waals surface area contributed by atoms with Crippen LogP contribution in [-0.2, 0) is 13.0 Å². The molecule has 0 atom stereocenters. The van der Waals surface area contributed by atoms with E-state index in [-0.39, 0.29) is 12.2 Å². The van der Waals surface area contributed by atoms with Crippen molar-refractivity contribution in [3.8, 4) is 5.75 Å². The lowest BCUT2D eigenvalue weighted by atomic mass is 10.1. The maximum Gasteiger partial charge on any atom is 0.297 e. The minimum Gasteiger partial charge on any atom is -0.485 e. The van der Waals surface area contributed by atoms with E-state index < -0.39 is 0 Å². The van der Waals surface area contributed by atoms with Crippen LogP contribution in [0, 0.1) is 0 Å². The molecule has 0 fully saturated rings. The van der Waals surface area contributed by atoms with Gasteiger partial charge in [0.1, 0.15) is 23.1 Å². The third kappa shape index (κ3) is 3.80. The monoisotopic (exact) mass is 418 g/mol. The summed E-state index contributed by atoms with van der Waals surface area (Å²) in [7, 11) is 0. The number of rotatable bonds is 5. The van der Waals surface area contributed by atoms with Gasteiger partial charge in [-0.3, -0.25) is 4.79 Å². The van der Waals surface area contributed by atoms with Crippen molar-refractivity contribution in [3.05, 3.63) is 85.2 Å². The van der Waals surface area contributed by atoms with Gasteiger partial charge >= 0.3 is 0 Å². The van der Waals surface area contributed by atoms with Crippen molar-refractivity contribution >= 4 is 39.5 Å². The first-order valence-corrected chi connectivity index (χ1v) is 9.54. The molecule has 2 heterocycles. The summed E-state index contributed by atoms with van der Waals surface area (Å²) >= 11 is 13.3. The van der Waals surface area contributed by atoms with E-state index in [0.717, 1.165) is 5.56 Å². The molecule has 0 aliphatic rings. The summed E-state index contributed by atoms with van der Waals surface area (Å²) in [5.41, 5.74) is 1.04. The van der Waals surface area contributed by atoms with E-state index in [1.807, 2.05) is 30.3 Å². The molecule has 9 heteroatoms. The van der Waals surface area contributed by atoms with Crippen molar-refractivity contribution in [2.24, 2.45) is 0 Å². The second-order valence-corrected chi connectivity index (χ2v) is 7.47. The van der Waals surface area contributed by atoms with Crippen LogP contribution in [-0.4, -0.2) is 19.8 Å². The van der Waals surface area contributed by atoms with E-state index in [0.29, 0.717) is 37.9 Å². The highest BCUT2D eigenvalue weighted by atomic mass is 35.5. The topological polar surface area (TPSA) is 69.4 Å². The molecular weight excluding hydrogens is 407 g/mol. The van der Waals surface area contributed by atoms with Gasteiger partial charge < -0.3 is 4.74 Å². The Hall–Kier alpha value is -2.48. The van der Waals surface area contributed by atoms with E-state index in [9.17, 15) is 4.79 Å². The van der Waals surface area contributed by atoms with Crippen molar-refractivity contribution in [1.29, 1.82) is 0 Å². The molecule has 0 spiro atoms. The first kappa shape index (κ1) is 17.9. The summed E-state index contributed by atoms with van der Waals surface area (Å²) in [5, 5.41) is 13.8. The summed E-state index contributed by atoms with van der Waals surface area (Å²) in [6, 6.07) is 14.8. The summed E-state index contributed by atoms with van der Waals surface area (Å²) in [6.07, 6.45) is 0.400. The van der Waals surface area contributed by atoms with E-state index in [1.165, 1.54) is 15.9 Å². The minimum absolute atomic E-state index is 0.140. The molecule has 0 saturated carbocycles. The third-order valence-electron chi connectivity index (χ3n) is 3.78. The molecule has 136 valence electrons. The molecule has 0 N–H and O–H groups in total. The van der Waals surface area contributed by atoms with Crippen molar-refractivity contribution in [2.45, 2.75) is 13.0 Å². The van der Waals surface area contributed by atoms with Crippen molar-refractivity contribution in [3.63, 3.8) is 0 Å². The lowest BCUT2D eigenvalue weighted by molar-refractivity contribution is 0.304. The molecule has 0 aliphatic heterocycles. The van der Waals surface area contributed by atoms with Crippen LogP contribution in [0.15, 0.2) is 53.3 Å². The fourth-order valence-corrected chi connectivity index (χ4v) is 3.57. The fourth-order valence-electron chi connectivity index (χ4n) is 2.48. The average molecular weight is 419 g/mol. The Bertz CT molecular complexity index is 1160. The number of fused-ring (bicyclic) bond motifs is 1. The van der Waals surface area contributed by atoms with Crippen molar-refractivity contribution in [2.75, 3.05) is 0 Å². The fraction of sp³-hybridized carbons (Fsp3) is 0.111. The Morgan fingerprint density at radius 2 is 1.85 bits per heavy atom. The number of nitrogens with zero attached hydrogens (tertiary/aromatic N) is 4. The second kappa shape index (κ2) is 7.64. The molecule has 27 heavy (non-hydrogen) atoms. The predicted octanol–water partition coefficient (Wildman–Crippen LogP) is 4.02. The van der Waals surface area contributed by atoms with Gasteiger partial charge in [-0.1, -0.05) is 70.9 Å². The quantitative estimate of drug-likeness (QED) is 0.489. The van der Waals surface area contributed by atoms with Crippen LogP contribution in [0.5, 0.6) is 5.75 Å². The summed E-state index contributed by atoms with van der Waals surface area (Å²) in [5.74, 6) is 0.451. The highest BCUT2D eigenvalue weighted by Gasteiger charge is 2.13. The predicted molar refractivity (Wildman–Crippen MR) is 105 cm³/mol. The average Bonchev–Trinajstić information content (AvgIpc) is 3.10. The highest BCUT2D eigenvalue weighted by Crippen LogP contribution is 2.32.